The molecule has 1 N–H and O–H groups in total. The first kappa shape index (κ1) is 19.4. The molecule has 24 heavy (non-hydrogen) atoms. The number of hydrogen-bond donors (Lipinski definition) is 1. The largest absolute Gasteiger partial charge is 0.396 e. The van der Waals surface area contributed by atoms with E-state index in [1.165, 1.54) is 11.3 Å². The fourth-order valence-corrected chi connectivity index (χ4v) is 3.89. The van der Waals surface area contributed by atoms with E-state index in [9.17, 15) is 5.11 Å². The normalized spacial score (nSPS) is 20.5. The second-order valence-electron chi connectivity index (χ2n) is 7.98. The lowest BCUT2D eigenvalue weighted by Gasteiger charge is -2.42. The Morgan fingerprint density at radius 1 is 1.17 bits per heavy atom. The molecule has 1 fully saturated rings. The van der Waals surface area contributed by atoms with Crippen LogP contribution in [-0.4, -0.2) is 63.5 Å². The van der Waals surface area contributed by atoms with E-state index in [-0.39, 0.29) is 6.61 Å². The number of nitrogens with zero attached hydrogens (tertiary/aromatic N) is 4. The maximum absolute atomic E-state index is 9.44. The Morgan fingerprint density at radius 3 is 2.42 bits per heavy atom. The Kier molecular flexibility index (Phi) is 6.84. The summed E-state index contributed by atoms with van der Waals surface area (Å²) in [5.41, 5.74) is 3.83. The summed E-state index contributed by atoms with van der Waals surface area (Å²) < 4.78 is 2.14. The molecular weight excluding hydrogens is 300 g/mol. The molecule has 1 aliphatic heterocycles. The first-order valence-electron chi connectivity index (χ1n) is 9.45. The zero-order valence-corrected chi connectivity index (χ0v) is 16.4. The lowest BCUT2D eigenvalue weighted by molar-refractivity contribution is 0.0475. The molecule has 0 aromatic carbocycles. The number of aliphatic hydroxyl groups is 1. The predicted molar refractivity (Wildman–Crippen MR) is 99.3 cm³/mol. The van der Waals surface area contributed by atoms with Crippen LogP contribution in [0.2, 0.25) is 0 Å². The third kappa shape index (κ3) is 4.58. The molecule has 0 saturated carbocycles. The lowest BCUT2D eigenvalue weighted by atomic mass is 10.0. The van der Waals surface area contributed by atoms with E-state index in [1.54, 1.807) is 0 Å². The average Bonchev–Trinajstić information content (AvgIpc) is 2.78. The molecule has 138 valence electrons. The van der Waals surface area contributed by atoms with Gasteiger partial charge in [0.25, 0.3) is 0 Å². The molecule has 0 spiro atoms. The standard InChI is InChI=1S/C19H36N4O/c1-14(2)11-22-9-8-21(12-18(22)7-10-24)13-19-16(5)20-23(15(3)4)17(19)6/h14-15,18,24H,7-13H2,1-6H3/t18-/m1/s1. The van der Waals surface area contributed by atoms with Crippen LogP contribution in [0.4, 0.5) is 0 Å². The van der Waals surface area contributed by atoms with Gasteiger partial charge in [-0.2, -0.15) is 5.10 Å². The highest BCUT2D eigenvalue weighted by atomic mass is 16.3. The van der Waals surface area contributed by atoms with Crippen LogP contribution in [0, 0.1) is 19.8 Å². The van der Waals surface area contributed by atoms with Gasteiger partial charge in [0.05, 0.1) is 5.69 Å². The molecule has 1 saturated heterocycles. The zero-order chi connectivity index (χ0) is 17.9. The van der Waals surface area contributed by atoms with Gasteiger partial charge in [-0.3, -0.25) is 14.5 Å². The van der Waals surface area contributed by atoms with Crippen molar-refractivity contribution in [1.82, 2.24) is 19.6 Å². The second-order valence-corrected chi connectivity index (χ2v) is 7.98. The molecule has 0 bridgehead atoms. The summed E-state index contributed by atoms with van der Waals surface area (Å²) in [6.07, 6.45) is 0.868. The predicted octanol–water partition coefficient (Wildman–Crippen LogP) is 2.61. The van der Waals surface area contributed by atoms with Crippen LogP contribution in [0.25, 0.3) is 0 Å². The fourth-order valence-electron chi connectivity index (χ4n) is 3.89. The topological polar surface area (TPSA) is 44.5 Å². The lowest BCUT2D eigenvalue weighted by Crippen LogP contribution is -2.53. The number of aryl methyl sites for hydroxylation is 1. The van der Waals surface area contributed by atoms with Crippen LogP contribution < -0.4 is 0 Å². The number of hydrogen-bond acceptors (Lipinski definition) is 4. The molecule has 2 rings (SSSR count). The third-order valence-corrected chi connectivity index (χ3v) is 5.10. The van der Waals surface area contributed by atoms with Gasteiger partial charge in [-0.1, -0.05) is 13.8 Å². The molecular formula is C19H36N4O. The first-order valence-corrected chi connectivity index (χ1v) is 9.45. The molecule has 0 amide bonds. The highest BCUT2D eigenvalue weighted by Gasteiger charge is 2.28. The van der Waals surface area contributed by atoms with E-state index in [0.717, 1.165) is 44.8 Å². The number of rotatable bonds is 7. The van der Waals surface area contributed by atoms with E-state index in [0.29, 0.717) is 18.0 Å². The van der Waals surface area contributed by atoms with Crippen molar-refractivity contribution in [3.8, 4) is 0 Å². The Balaban J connectivity index is 2.06. The number of piperazine rings is 1. The Hall–Kier alpha value is -0.910. The molecule has 0 radical (unpaired) electrons. The van der Waals surface area contributed by atoms with E-state index >= 15 is 0 Å². The van der Waals surface area contributed by atoms with Gasteiger partial charge in [0, 0.05) is 62.7 Å². The summed E-state index contributed by atoms with van der Waals surface area (Å²) >= 11 is 0. The smallest absolute Gasteiger partial charge is 0.0641 e. The molecule has 1 aromatic rings. The minimum Gasteiger partial charge on any atom is -0.396 e. The molecule has 2 heterocycles. The second kappa shape index (κ2) is 8.45. The summed E-state index contributed by atoms with van der Waals surface area (Å²) in [6, 6.07) is 0.870. The van der Waals surface area contributed by atoms with Crippen LogP contribution in [-0.2, 0) is 6.54 Å². The van der Waals surface area contributed by atoms with E-state index in [2.05, 4.69) is 56.0 Å². The van der Waals surface area contributed by atoms with Crippen molar-refractivity contribution in [2.24, 2.45) is 5.92 Å². The quantitative estimate of drug-likeness (QED) is 0.831. The average molecular weight is 337 g/mol. The van der Waals surface area contributed by atoms with Gasteiger partial charge in [-0.15, -0.1) is 0 Å². The summed E-state index contributed by atoms with van der Waals surface area (Å²) in [4.78, 5) is 5.10. The molecule has 5 nitrogen and oxygen atoms in total. The van der Waals surface area contributed by atoms with Crippen LogP contribution in [0.3, 0.4) is 0 Å². The number of aromatic nitrogens is 2. The van der Waals surface area contributed by atoms with Crippen molar-refractivity contribution in [3.05, 3.63) is 17.0 Å². The van der Waals surface area contributed by atoms with Gasteiger partial charge < -0.3 is 5.11 Å². The molecule has 1 aliphatic rings. The van der Waals surface area contributed by atoms with Gasteiger partial charge >= 0.3 is 0 Å². The Morgan fingerprint density at radius 2 is 1.88 bits per heavy atom. The fraction of sp³-hybridized carbons (Fsp3) is 0.842. The molecule has 0 unspecified atom stereocenters. The van der Waals surface area contributed by atoms with Gasteiger partial charge in [0.15, 0.2) is 0 Å². The van der Waals surface area contributed by atoms with Crippen molar-refractivity contribution >= 4 is 0 Å². The zero-order valence-electron chi connectivity index (χ0n) is 16.4. The van der Waals surface area contributed by atoms with Gasteiger partial charge in [-0.05, 0) is 40.0 Å². The monoisotopic (exact) mass is 336 g/mol. The van der Waals surface area contributed by atoms with Crippen molar-refractivity contribution < 1.29 is 5.11 Å². The van der Waals surface area contributed by atoms with Crippen LogP contribution in [0.1, 0.15) is 57.1 Å². The number of aliphatic hydroxyl groups excluding tert-OH is 1. The maximum Gasteiger partial charge on any atom is 0.0641 e. The third-order valence-electron chi connectivity index (χ3n) is 5.10. The van der Waals surface area contributed by atoms with Crippen molar-refractivity contribution in [1.29, 1.82) is 0 Å². The van der Waals surface area contributed by atoms with Gasteiger partial charge in [0.2, 0.25) is 0 Å². The van der Waals surface area contributed by atoms with Crippen molar-refractivity contribution in [3.63, 3.8) is 0 Å². The van der Waals surface area contributed by atoms with Crippen LogP contribution in [0.15, 0.2) is 0 Å². The molecule has 1 aromatic heterocycles. The molecule has 5 heteroatoms. The van der Waals surface area contributed by atoms with Gasteiger partial charge in [0.1, 0.15) is 0 Å². The highest BCUT2D eigenvalue weighted by molar-refractivity contribution is 5.25. The summed E-state index contributed by atoms with van der Waals surface area (Å²) in [5.74, 6) is 0.673. The van der Waals surface area contributed by atoms with Gasteiger partial charge in [-0.25, -0.2) is 0 Å². The summed E-state index contributed by atoms with van der Waals surface area (Å²) in [5, 5.41) is 14.2. The van der Waals surface area contributed by atoms with Crippen molar-refractivity contribution in [2.45, 2.75) is 66.6 Å². The molecule has 1 atom stereocenters. The van der Waals surface area contributed by atoms with E-state index in [1.807, 2.05) is 0 Å². The van der Waals surface area contributed by atoms with Crippen molar-refractivity contribution in [2.75, 3.05) is 32.8 Å². The molecule has 0 aliphatic carbocycles. The van der Waals surface area contributed by atoms with E-state index < -0.39 is 0 Å². The first-order chi connectivity index (χ1) is 11.3. The SMILES string of the molecule is Cc1nn(C(C)C)c(C)c1CN1CCN(CC(C)C)[C@H](CCO)C1. The van der Waals surface area contributed by atoms with E-state index in [4.69, 9.17) is 5.10 Å². The van der Waals surface area contributed by atoms with Crippen LogP contribution >= 0.6 is 0 Å². The minimum absolute atomic E-state index is 0.274. The summed E-state index contributed by atoms with van der Waals surface area (Å²) in [7, 11) is 0. The Bertz CT molecular complexity index is 524. The van der Waals surface area contributed by atoms with Crippen LogP contribution in [0.5, 0.6) is 0 Å². The summed E-state index contributed by atoms with van der Waals surface area (Å²) in [6.45, 7) is 18.8. The Labute approximate surface area is 147 Å². The maximum atomic E-state index is 9.44. The highest BCUT2D eigenvalue weighted by Crippen LogP contribution is 2.22. The minimum atomic E-state index is 0.274.